The molecule has 0 aliphatic carbocycles. The molecule has 110 valence electrons. The Kier molecular flexibility index (Phi) is 7.07. The summed E-state index contributed by atoms with van der Waals surface area (Å²) >= 11 is 0. The van der Waals surface area contributed by atoms with Crippen LogP contribution in [0.2, 0.25) is 0 Å². The molecule has 0 aromatic heterocycles. The van der Waals surface area contributed by atoms with E-state index in [1.54, 1.807) is 0 Å². The summed E-state index contributed by atoms with van der Waals surface area (Å²) in [6.45, 7) is 17.6. The highest BCUT2D eigenvalue weighted by atomic mass is 28.2. The maximum Gasteiger partial charge on any atom is 0.175 e. The maximum absolute atomic E-state index is 6.44. The number of nitrogens with two attached hydrogens (primary N) is 1. The first-order valence-corrected chi connectivity index (χ1v) is 8.64. The van der Waals surface area contributed by atoms with Crippen LogP contribution in [-0.2, 0) is 4.43 Å². The minimum Gasteiger partial charge on any atom is -0.420 e. The highest BCUT2D eigenvalue weighted by Crippen LogP contribution is 2.29. The van der Waals surface area contributed by atoms with Gasteiger partial charge in [0.1, 0.15) is 0 Å². The van der Waals surface area contributed by atoms with Crippen LogP contribution < -0.4 is 11.1 Å². The third-order valence-corrected chi connectivity index (χ3v) is 4.60. The molecule has 0 aliphatic heterocycles. The van der Waals surface area contributed by atoms with Crippen LogP contribution in [0, 0.1) is 10.8 Å². The molecule has 3 N–H and O–H groups in total. The van der Waals surface area contributed by atoms with Crippen LogP contribution >= 0.6 is 0 Å². The molecule has 3 nitrogen and oxygen atoms in total. The van der Waals surface area contributed by atoms with Crippen molar-refractivity contribution in [3.63, 3.8) is 0 Å². The molecule has 0 radical (unpaired) electrons. The van der Waals surface area contributed by atoms with Crippen LogP contribution in [0.3, 0.4) is 0 Å². The molecule has 0 aliphatic rings. The third-order valence-electron chi connectivity index (χ3n) is 3.21. The van der Waals surface area contributed by atoms with Crippen molar-refractivity contribution in [3.05, 3.63) is 0 Å². The standard InChI is InChI=1S/C14H34N2OSi/c1-10(2)17-18-9-16-12(14(6,7)8)11(15)13(3,4)5/h10-12,16H,9,15,18H2,1-8H3. The van der Waals surface area contributed by atoms with Crippen molar-refractivity contribution in [3.8, 4) is 0 Å². The molecule has 0 aromatic rings. The van der Waals surface area contributed by atoms with E-state index >= 15 is 0 Å². The average molecular weight is 275 g/mol. The predicted molar refractivity (Wildman–Crippen MR) is 83.4 cm³/mol. The molecule has 0 spiro atoms. The smallest absolute Gasteiger partial charge is 0.175 e. The van der Waals surface area contributed by atoms with Gasteiger partial charge in [-0.3, -0.25) is 0 Å². The Hall–Kier alpha value is 0.0969. The lowest BCUT2D eigenvalue weighted by atomic mass is 9.73. The summed E-state index contributed by atoms with van der Waals surface area (Å²) < 4.78 is 5.71. The first kappa shape index (κ1) is 18.1. The Morgan fingerprint density at radius 3 is 1.89 bits per heavy atom. The molecule has 0 amide bonds. The molecule has 0 rings (SSSR count). The van der Waals surface area contributed by atoms with E-state index < -0.39 is 9.76 Å². The molecule has 4 heteroatoms. The van der Waals surface area contributed by atoms with Crippen LogP contribution in [0.4, 0.5) is 0 Å². The van der Waals surface area contributed by atoms with Crippen LogP contribution in [-0.4, -0.2) is 34.1 Å². The van der Waals surface area contributed by atoms with Crippen molar-refractivity contribution in [2.24, 2.45) is 16.6 Å². The minimum absolute atomic E-state index is 0.116. The highest BCUT2D eigenvalue weighted by Gasteiger charge is 2.35. The summed E-state index contributed by atoms with van der Waals surface area (Å²) in [5.41, 5.74) is 6.72. The number of rotatable bonds is 6. The van der Waals surface area contributed by atoms with Gasteiger partial charge >= 0.3 is 0 Å². The molecule has 0 saturated carbocycles. The predicted octanol–water partition coefficient (Wildman–Crippen LogP) is 1.83. The van der Waals surface area contributed by atoms with Gasteiger partial charge in [0.05, 0.1) is 0 Å². The topological polar surface area (TPSA) is 47.3 Å². The van der Waals surface area contributed by atoms with E-state index in [0.717, 1.165) is 6.17 Å². The van der Waals surface area contributed by atoms with E-state index in [4.69, 9.17) is 10.2 Å². The zero-order chi connectivity index (χ0) is 14.6. The molecular formula is C14H34N2OSi. The first-order chi connectivity index (χ1) is 7.96. The van der Waals surface area contributed by atoms with Gasteiger partial charge in [-0.15, -0.1) is 0 Å². The van der Waals surface area contributed by atoms with Gasteiger partial charge in [0, 0.05) is 24.4 Å². The Morgan fingerprint density at radius 2 is 1.56 bits per heavy atom. The molecule has 2 unspecified atom stereocenters. The summed E-state index contributed by atoms with van der Waals surface area (Å²) in [7, 11) is -0.479. The van der Waals surface area contributed by atoms with Crippen molar-refractivity contribution >= 4 is 9.76 Å². The van der Waals surface area contributed by atoms with E-state index in [9.17, 15) is 0 Å². The Labute approximate surface area is 116 Å². The highest BCUT2D eigenvalue weighted by molar-refractivity contribution is 6.27. The molecular weight excluding hydrogens is 240 g/mol. The van der Waals surface area contributed by atoms with Gasteiger partial charge in [0.25, 0.3) is 0 Å². The second-order valence-electron chi connectivity index (χ2n) is 7.61. The van der Waals surface area contributed by atoms with Crippen LogP contribution in [0.15, 0.2) is 0 Å². The van der Waals surface area contributed by atoms with Crippen molar-refractivity contribution in [2.45, 2.75) is 73.6 Å². The average Bonchev–Trinajstić information content (AvgIpc) is 2.12. The number of hydrogen-bond donors (Lipinski definition) is 2. The Balaban J connectivity index is 4.44. The minimum atomic E-state index is -0.479. The fourth-order valence-corrected chi connectivity index (χ4v) is 3.00. The number of hydrogen-bond acceptors (Lipinski definition) is 3. The Morgan fingerprint density at radius 1 is 1.06 bits per heavy atom. The summed E-state index contributed by atoms with van der Waals surface area (Å²) in [5, 5.41) is 3.63. The summed E-state index contributed by atoms with van der Waals surface area (Å²) in [6.07, 6.45) is 1.34. The lowest BCUT2D eigenvalue weighted by Gasteiger charge is -2.42. The molecule has 18 heavy (non-hydrogen) atoms. The first-order valence-electron chi connectivity index (χ1n) is 7.07. The second-order valence-corrected chi connectivity index (χ2v) is 8.85. The monoisotopic (exact) mass is 274 g/mol. The maximum atomic E-state index is 6.44. The van der Waals surface area contributed by atoms with E-state index in [1.807, 2.05) is 0 Å². The van der Waals surface area contributed by atoms with Gasteiger partial charge in [-0.1, -0.05) is 41.5 Å². The van der Waals surface area contributed by atoms with Gasteiger partial charge in [-0.25, -0.2) is 0 Å². The van der Waals surface area contributed by atoms with E-state index in [-0.39, 0.29) is 16.9 Å². The second kappa shape index (κ2) is 7.03. The van der Waals surface area contributed by atoms with E-state index in [2.05, 4.69) is 60.7 Å². The third kappa shape index (κ3) is 6.88. The van der Waals surface area contributed by atoms with Crippen LogP contribution in [0.1, 0.15) is 55.4 Å². The van der Waals surface area contributed by atoms with Crippen molar-refractivity contribution in [1.82, 2.24) is 5.32 Å². The molecule has 0 saturated heterocycles. The largest absolute Gasteiger partial charge is 0.420 e. The molecule has 0 bridgehead atoms. The van der Waals surface area contributed by atoms with Crippen LogP contribution in [0.5, 0.6) is 0 Å². The Bertz CT molecular complexity index is 231. The van der Waals surface area contributed by atoms with Gasteiger partial charge < -0.3 is 15.5 Å². The van der Waals surface area contributed by atoms with Crippen molar-refractivity contribution < 1.29 is 4.43 Å². The quantitative estimate of drug-likeness (QED) is 0.574. The lowest BCUT2D eigenvalue weighted by Crippen LogP contribution is -2.58. The normalized spacial score (nSPS) is 17.7. The van der Waals surface area contributed by atoms with Crippen LogP contribution in [0.25, 0.3) is 0 Å². The molecule has 2 atom stereocenters. The number of nitrogens with one attached hydrogen (secondary N) is 1. The molecule has 0 heterocycles. The van der Waals surface area contributed by atoms with Gasteiger partial charge in [0.2, 0.25) is 0 Å². The summed E-state index contributed by atoms with van der Waals surface area (Å²) in [4.78, 5) is 0. The van der Waals surface area contributed by atoms with E-state index in [0.29, 0.717) is 12.1 Å². The van der Waals surface area contributed by atoms with E-state index in [1.165, 1.54) is 0 Å². The molecule has 0 fully saturated rings. The lowest BCUT2D eigenvalue weighted by molar-refractivity contribution is 0.162. The SMILES string of the molecule is CC(C)O[SiH2]CNC(C(N)C(C)(C)C)C(C)(C)C. The van der Waals surface area contributed by atoms with Crippen molar-refractivity contribution in [2.75, 3.05) is 6.17 Å². The van der Waals surface area contributed by atoms with Gasteiger partial charge in [-0.2, -0.15) is 0 Å². The van der Waals surface area contributed by atoms with Gasteiger partial charge in [-0.05, 0) is 24.7 Å². The zero-order valence-electron chi connectivity index (χ0n) is 13.6. The fraction of sp³-hybridized carbons (Fsp3) is 1.00. The van der Waals surface area contributed by atoms with Crippen molar-refractivity contribution in [1.29, 1.82) is 0 Å². The summed E-state index contributed by atoms with van der Waals surface area (Å²) in [6, 6.07) is 0.464. The summed E-state index contributed by atoms with van der Waals surface area (Å²) in [5.74, 6) is 0. The fourth-order valence-electron chi connectivity index (χ4n) is 1.98. The molecule has 0 aromatic carbocycles. The van der Waals surface area contributed by atoms with Gasteiger partial charge in [0.15, 0.2) is 9.76 Å². The zero-order valence-corrected chi connectivity index (χ0v) is 15.0.